The lowest BCUT2D eigenvalue weighted by atomic mass is 10.1. The van der Waals surface area contributed by atoms with E-state index in [4.69, 9.17) is 0 Å². The summed E-state index contributed by atoms with van der Waals surface area (Å²) >= 11 is 3.38. The average Bonchev–Trinajstić information content (AvgIpc) is 2.81. The van der Waals surface area contributed by atoms with Gasteiger partial charge in [-0.1, -0.05) is 28.1 Å². The number of aromatic nitrogens is 2. The molecule has 0 bridgehead atoms. The van der Waals surface area contributed by atoms with Crippen LogP contribution in [0, 0.1) is 0 Å². The van der Waals surface area contributed by atoms with E-state index in [9.17, 15) is 4.79 Å². The zero-order chi connectivity index (χ0) is 14.5. The van der Waals surface area contributed by atoms with Gasteiger partial charge in [-0.3, -0.25) is 9.69 Å². The van der Waals surface area contributed by atoms with E-state index in [1.807, 2.05) is 49.1 Å². The van der Waals surface area contributed by atoms with E-state index in [0.29, 0.717) is 6.42 Å². The minimum atomic E-state index is 0.165. The van der Waals surface area contributed by atoms with Gasteiger partial charge in [0.2, 0.25) is 0 Å². The number of rotatable bonds is 6. The zero-order valence-corrected chi connectivity index (χ0v) is 13.3. The summed E-state index contributed by atoms with van der Waals surface area (Å²) in [6, 6.07) is 7.52. The Hall–Kier alpha value is -1.46. The van der Waals surface area contributed by atoms with Crippen LogP contribution in [0.25, 0.3) is 0 Å². The molecule has 0 saturated heterocycles. The van der Waals surface area contributed by atoms with E-state index < -0.39 is 0 Å². The Morgan fingerprint density at radius 3 is 2.90 bits per heavy atom. The highest BCUT2D eigenvalue weighted by atomic mass is 79.9. The highest BCUT2D eigenvalue weighted by molar-refractivity contribution is 9.10. The summed E-state index contributed by atoms with van der Waals surface area (Å²) in [6.45, 7) is 1.47. The van der Waals surface area contributed by atoms with Gasteiger partial charge in [-0.05, 0) is 19.2 Å². The van der Waals surface area contributed by atoms with Crippen LogP contribution in [-0.2, 0) is 13.6 Å². The van der Waals surface area contributed by atoms with E-state index in [1.54, 1.807) is 6.20 Å². The molecule has 20 heavy (non-hydrogen) atoms. The molecule has 4 nitrogen and oxygen atoms in total. The summed E-state index contributed by atoms with van der Waals surface area (Å²) < 4.78 is 2.93. The number of Topliss-reactive ketones (excluding diaryl/α,β-unsaturated/α-hetero) is 1. The molecule has 106 valence electrons. The highest BCUT2D eigenvalue weighted by Crippen LogP contribution is 2.13. The molecule has 0 aliphatic carbocycles. The maximum absolute atomic E-state index is 12.1. The monoisotopic (exact) mass is 335 g/mol. The van der Waals surface area contributed by atoms with Gasteiger partial charge in [-0.15, -0.1) is 0 Å². The van der Waals surface area contributed by atoms with Crippen molar-refractivity contribution in [2.75, 3.05) is 13.6 Å². The molecule has 0 fully saturated rings. The largest absolute Gasteiger partial charge is 0.337 e. The fourth-order valence-electron chi connectivity index (χ4n) is 1.97. The van der Waals surface area contributed by atoms with Crippen LogP contribution < -0.4 is 0 Å². The summed E-state index contributed by atoms with van der Waals surface area (Å²) in [5.41, 5.74) is 0.754. The maximum atomic E-state index is 12.1. The van der Waals surface area contributed by atoms with E-state index in [-0.39, 0.29) is 5.78 Å². The van der Waals surface area contributed by atoms with Crippen LogP contribution >= 0.6 is 15.9 Å². The van der Waals surface area contributed by atoms with Gasteiger partial charge in [-0.25, -0.2) is 4.98 Å². The molecule has 2 aromatic rings. The van der Waals surface area contributed by atoms with Crippen molar-refractivity contribution >= 4 is 21.7 Å². The van der Waals surface area contributed by atoms with Crippen molar-refractivity contribution in [1.82, 2.24) is 14.5 Å². The molecular weight excluding hydrogens is 318 g/mol. The second-order valence-corrected chi connectivity index (χ2v) is 5.79. The molecular formula is C15H18BrN3O. The van der Waals surface area contributed by atoms with Gasteiger partial charge in [0.15, 0.2) is 5.78 Å². The molecule has 1 aromatic heterocycles. The number of carbonyl (C=O) groups is 1. The van der Waals surface area contributed by atoms with Crippen LogP contribution in [0.1, 0.15) is 22.6 Å². The fraction of sp³-hybridized carbons (Fsp3) is 0.333. The number of carbonyl (C=O) groups excluding carboxylic acids is 1. The topological polar surface area (TPSA) is 38.1 Å². The van der Waals surface area contributed by atoms with E-state index >= 15 is 0 Å². The number of ketones is 1. The number of halogens is 1. The second kappa shape index (κ2) is 6.81. The number of aryl methyl sites for hydroxylation is 1. The summed E-state index contributed by atoms with van der Waals surface area (Å²) in [4.78, 5) is 18.5. The maximum Gasteiger partial charge on any atom is 0.164 e. The predicted molar refractivity (Wildman–Crippen MR) is 82.6 cm³/mol. The Morgan fingerprint density at radius 1 is 1.45 bits per heavy atom. The molecule has 0 radical (unpaired) electrons. The molecule has 0 saturated carbocycles. The summed E-state index contributed by atoms with van der Waals surface area (Å²) in [5, 5.41) is 0. The minimum absolute atomic E-state index is 0.165. The van der Waals surface area contributed by atoms with Crippen LogP contribution in [0.3, 0.4) is 0 Å². The van der Waals surface area contributed by atoms with Crippen molar-refractivity contribution in [2.24, 2.45) is 7.05 Å². The third-order valence-electron chi connectivity index (χ3n) is 3.20. The first kappa shape index (κ1) is 14.9. The van der Waals surface area contributed by atoms with Gasteiger partial charge in [0.05, 0.1) is 6.54 Å². The number of hydrogen-bond acceptors (Lipinski definition) is 3. The third kappa shape index (κ3) is 4.02. The lowest BCUT2D eigenvalue weighted by molar-refractivity contribution is 0.0967. The standard InChI is InChI=1S/C15H18BrN3O/c1-18(11-15-17-7-9-19(15)2)8-6-14(20)12-4-3-5-13(16)10-12/h3-5,7,9-10H,6,8,11H2,1-2H3. The average molecular weight is 336 g/mol. The smallest absolute Gasteiger partial charge is 0.164 e. The van der Waals surface area contributed by atoms with Gasteiger partial charge >= 0.3 is 0 Å². The molecule has 0 atom stereocenters. The van der Waals surface area contributed by atoms with Gasteiger partial charge in [0, 0.05) is 42.4 Å². The van der Waals surface area contributed by atoms with Gasteiger partial charge in [0.1, 0.15) is 5.82 Å². The van der Waals surface area contributed by atoms with Gasteiger partial charge in [-0.2, -0.15) is 0 Å². The van der Waals surface area contributed by atoms with E-state index in [0.717, 1.165) is 29.0 Å². The van der Waals surface area contributed by atoms with Crippen LogP contribution in [0.15, 0.2) is 41.1 Å². The molecule has 0 aliphatic heterocycles. The van der Waals surface area contributed by atoms with Gasteiger partial charge in [0.25, 0.3) is 0 Å². The second-order valence-electron chi connectivity index (χ2n) is 4.88. The lowest BCUT2D eigenvalue weighted by Gasteiger charge is -2.15. The molecule has 1 aromatic carbocycles. The van der Waals surface area contributed by atoms with Crippen LogP contribution in [0.2, 0.25) is 0 Å². The molecule has 5 heteroatoms. The zero-order valence-electron chi connectivity index (χ0n) is 11.7. The minimum Gasteiger partial charge on any atom is -0.337 e. The lowest BCUT2D eigenvalue weighted by Crippen LogP contribution is -2.23. The summed E-state index contributed by atoms with van der Waals surface area (Å²) in [6.07, 6.45) is 4.23. The number of hydrogen-bond donors (Lipinski definition) is 0. The Bertz CT molecular complexity index is 594. The van der Waals surface area contributed by atoms with Crippen LogP contribution in [0.4, 0.5) is 0 Å². The van der Waals surface area contributed by atoms with Crippen molar-refractivity contribution < 1.29 is 4.79 Å². The Kier molecular flexibility index (Phi) is 5.09. The number of benzene rings is 1. The van der Waals surface area contributed by atoms with E-state index in [2.05, 4.69) is 25.8 Å². The molecule has 0 aliphatic rings. The SMILES string of the molecule is CN(CCC(=O)c1cccc(Br)c1)Cc1nccn1C. The third-order valence-corrected chi connectivity index (χ3v) is 3.69. The van der Waals surface area contributed by atoms with Crippen molar-refractivity contribution in [3.63, 3.8) is 0 Å². The van der Waals surface area contributed by atoms with Crippen LogP contribution in [-0.4, -0.2) is 33.8 Å². The first-order valence-corrected chi connectivity index (χ1v) is 7.29. The molecule has 1 heterocycles. The highest BCUT2D eigenvalue weighted by Gasteiger charge is 2.09. The fourth-order valence-corrected chi connectivity index (χ4v) is 2.37. The Morgan fingerprint density at radius 2 is 2.25 bits per heavy atom. The quantitative estimate of drug-likeness (QED) is 0.762. The van der Waals surface area contributed by atoms with Crippen molar-refractivity contribution in [3.05, 3.63) is 52.5 Å². The number of imidazole rings is 1. The molecule has 0 amide bonds. The molecule has 0 unspecified atom stereocenters. The Labute approximate surface area is 127 Å². The number of nitrogens with zero attached hydrogens (tertiary/aromatic N) is 3. The van der Waals surface area contributed by atoms with Crippen LogP contribution in [0.5, 0.6) is 0 Å². The normalized spacial score (nSPS) is 11.0. The van der Waals surface area contributed by atoms with Crippen molar-refractivity contribution in [2.45, 2.75) is 13.0 Å². The van der Waals surface area contributed by atoms with Gasteiger partial charge < -0.3 is 4.57 Å². The van der Waals surface area contributed by atoms with Crippen molar-refractivity contribution in [3.8, 4) is 0 Å². The molecule has 0 spiro atoms. The Balaban J connectivity index is 1.86. The molecule has 0 N–H and O–H groups in total. The van der Waals surface area contributed by atoms with E-state index in [1.165, 1.54) is 0 Å². The predicted octanol–water partition coefficient (Wildman–Crippen LogP) is 2.89. The summed E-state index contributed by atoms with van der Waals surface area (Å²) in [5.74, 6) is 1.17. The first-order valence-electron chi connectivity index (χ1n) is 6.50. The first-order chi connectivity index (χ1) is 9.56. The summed E-state index contributed by atoms with van der Waals surface area (Å²) in [7, 11) is 3.98. The van der Waals surface area contributed by atoms with Crippen molar-refractivity contribution in [1.29, 1.82) is 0 Å². The molecule has 2 rings (SSSR count).